The summed E-state index contributed by atoms with van der Waals surface area (Å²) in [5.41, 5.74) is 3.68. The van der Waals surface area contributed by atoms with E-state index in [1.165, 1.54) is 33.3 Å². The summed E-state index contributed by atoms with van der Waals surface area (Å²) in [6.45, 7) is 1.74. The lowest BCUT2D eigenvalue weighted by atomic mass is 10.0. The molecule has 0 atom stereocenters. The summed E-state index contributed by atoms with van der Waals surface area (Å²) in [6.07, 6.45) is -1.06. The lowest BCUT2D eigenvalue weighted by Gasteiger charge is -2.14. The Kier molecular flexibility index (Phi) is 5.20. The number of ether oxygens (including phenoxy) is 1. The summed E-state index contributed by atoms with van der Waals surface area (Å²) in [6, 6.07) is 11.2. The van der Waals surface area contributed by atoms with Crippen LogP contribution in [0.3, 0.4) is 0 Å². The molecule has 1 aliphatic heterocycles. The number of nitrogens with zero attached hydrogens (tertiary/aromatic N) is 3. The van der Waals surface area contributed by atoms with E-state index in [4.69, 9.17) is 4.74 Å². The number of hydrogen-bond acceptors (Lipinski definition) is 4. The quantitative estimate of drug-likeness (QED) is 0.507. The van der Waals surface area contributed by atoms with E-state index in [1.54, 1.807) is 12.3 Å². The van der Waals surface area contributed by atoms with Crippen molar-refractivity contribution in [2.45, 2.75) is 25.7 Å². The first-order valence-corrected chi connectivity index (χ1v) is 10.5. The second-order valence-corrected chi connectivity index (χ2v) is 8.01. The van der Waals surface area contributed by atoms with Gasteiger partial charge in [0.2, 0.25) is 0 Å². The summed E-state index contributed by atoms with van der Waals surface area (Å²) in [7, 11) is 2.03. The normalized spacial score (nSPS) is 13.8. The van der Waals surface area contributed by atoms with Crippen molar-refractivity contribution >= 4 is 10.9 Å². The zero-order valence-electron chi connectivity index (χ0n) is 17.8. The molecule has 0 unspecified atom stereocenters. The van der Waals surface area contributed by atoms with E-state index in [2.05, 4.69) is 20.9 Å². The van der Waals surface area contributed by atoms with Crippen LogP contribution in [0.5, 0.6) is 5.75 Å². The Labute approximate surface area is 187 Å². The Morgan fingerprint density at radius 1 is 1.15 bits per heavy atom. The fraction of sp³-hybridized carbons (Fsp3) is 0.250. The number of hydrogen-bond donors (Lipinski definition) is 1. The maximum absolute atomic E-state index is 12.7. The number of pyridine rings is 2. The Bertz CT molecular complexity index is 1390. The monoisotopic (exact) mass is 454 g/mol. The first-order chi connectivity index (χ1) is 15.8. The van der Waals surface area contributed by atoms with Crippen molar-refractivity contribution in [2.24, 2.45) is 7.05 Å². The van der Waals surface area contributed by atoms with Gasteiger partial charge in [0.25, 0.3) is 5.56 Å². The molecule has 4 aromatic rings. The van der Waals surface area contributed by atoms with Gasteiger partial charge in [-0.2, -0.15) is 13.2 Å². The van der Waals surface area contributed by atoms with Crippen LogP contribution >= 0.6 is 0 Å². The van der Waals surface area contributed by atoms with E-state index in [0.717, 1.165) is 43.0 Å². The molecule has 0 fully saturated rings. The van der Waals surface area contributed by atoms with E-state index in [-0.39, 0.29) is 12.2 Å². The average molecular weight is 454 g/mol. The lowest BCUT2D eigenvalue weighted by molar-refractivity contribution is -0.137. The molecule has 1 aromatic carbocycles. The van der Waals surface area contributed by atoms with Gasteiger partial charge in [0.05, 0.1) is 22.5 Å². The highest BCUT2D eigenvalue weighted by Gasteiger charge is 2.30. The zero-order chi connectivity index (χ0) is 23.2. The largest absolute Gasteiger partial charge is 0.487 e. The van der Waals surface area contributed by atoms with Gasteiger partial charge >= 0.3 is 6.18 Å². The molecule has 0 saturated heterocycles. The third-order valence-corrected chi connectivity index (χ3v) is 5.97. The maximum Gasteiger partial charge on any atom is 0.417 e. The summed E-state index contributed by atoms with van der Waals surface area (Å²) < 4.78 is 47.2. The van der Waals surface area contributed by atoms with E-state index >= 15 is 0 Å². The van der Waals surface area contributed by atoms with Gasteiger partial charge in [0.1, 0.15) is 12.4 Å². The van der Waals surface area contributed by atoms with Crippen molar-refractivity contribution in [3.8, 4) is 11.4 Å². The Balaban J connectivity index is 1.36. The number of benzene rings is 1. The van der Waals surface area contributed by atoms with Crippen molar-refractivity contribution in [1.29, 1.82) is 0 Å². The fourth-order valence-electron chi connectivity index (χ4n) is 4.23. The number of fused-ring (bicyclic) bond motifs is 3. The molecule has 3 aromatic heterocycles. The molecule has 0 spiro atoms. The Hall–Kier alpha value is -3.59. The predicted octanol–water partition coefficient (Wildman–Crippen LogP) is 3.97. The van der Waals surface area contributed by atoms with Crippen molar-refractivity contribution in [1.82, 2.24) is 19.4 Å². The molecule has 0 amide bonds. The number of halogens is 3. The molecule has 0 saturated carbocycles. The van der Waals surface area contributed by atoms with Crippen LogP contribution < -0.4 is 15.6 Å². The highest BCUT2D eigenvalue weighted by atomic mass is 19.4. The third-order valence-electron chi connectivity index (χ3n) is 5.97. The van der Waals surface area contributed by atoms with Crippen LogP contribution in [0.2, 0.25) is 0 Å². The van der Waals surface area contributed by atoms with Gasteiger partial charge in [0.15, 0.2) is 0 Å². The van der Waals surface area contributed by atoms with Crippen LogP contribution in [-0.2, 0) is 32.8 Å². The van der Waals surface area contributed by atoms with Gasteiger partial charge in [-0.05, 0) is 48.9 Å². The number of aryl methyl sites for hydroxylation is 1. The molecule has 33 heavy (non-hydrogen) atoms. The van der Waals surface area contributed by atoms with Gasteiger partial charge in [0, 0.05) is 43.1 Å². The van der Waals surface area contributed by atoms with Crippen molar-refractivity contribution in [3.63, 3.8) is 0 Å². The highest BCUT2D eigenvalue weighted by molar-refractivity contribution is 5.87. The van der Waals surface area contributed by atoms with Gasteiger partial charge in [-0.1, -0.05) is 6.07 Å². The van der Waals surface area contributed by atoms with Gasteiger partial charge in [-0.3, -0.25) is 14.3 Å². The van der Waals surface area contributed by atoms with Crippen LogP contribution in [0.15, 0.2) is 59.7 Å². The lowest BCUT2D eigenvalue weighted by Crippen LogP contribution is -2.24. The summed E-state index contributed by atoms with van der Waals surface area (Å²) in [5, 5.41) is 4.60. The molecular weight excluding hydrogens is 433 g/mol. The minimum Gasteiger partial charge on any atom is -0.487 e. The smallest absolute Gasteiger partial charge is 0.417 e. The molecule has 1 aliphatic rings. The maximum atomic E-state index is 12.7. The summed E-state index contributed by atoms with van der Waals surface area (Å²) >= 11 is 0. The molecule has 4 heterocycles. The third kappa shape index (κ3) is 4.00. The van der Waals surface area contributed by atoms with Crippen LogP contribution in [0.25, 0.3) is 16.6 Å². The second-order valence-electron chi connectivity index (χ2n) is 8.01. The molecule has 6 nitrogen and oxygen atoms in total. The fourth-order valence-corrected chi connectivity index (χ4v) is 4.23. The van der Waals surface area contributed by atoms with Crippen LogP contribution in [0.4, 0.5) is 13.2 Å². The Morgan fingerprint density at radius 2 is 2.00 bits per heavy atom. The number of rotatable bonds is 4. The van der Waals surface area contributed by atoms with Crippen molar-refractivity contribution < 1.29 is 17.9 Å². The van der Waals surface area contributed by atoms with Gasteiger partial charge < -0.3 is 14.6 Å². The highest BCUT2D eigenvalue weighted by Crippen LogP contribution is 2.30. The molecule has 5 rings (SSSR count). The molecule has 0 radical (unpaired) electrons. The molecule has 1 N–H and O–H groups in total. The van der Waals surface area contributed by atoms with E-state index in [1.807, 2.05) is 19.2 Å². The summed E-state index contributed by atoms with van der Waals surface area (Å²) in [4.78, 5) is 16.5. The van der Waals surface area contributed by atoms with Gasteiger partial charge in [-0.25, -0.2) is 0 Å². The van der Waals surface area contributed by atoms with Crippen LogP contribution in [-0.4, -0.2) is 20.7 Å². The number of alkyl halides is 3. The molecule has 0 bridgehead atoms. The zero-order valence-corrected chi connectivity index (χ0v) is 17.8. The standard InChI is InChI=1S/C24H21F3N4O2/c1-30-21-10-17(4-5-19(21)20-6-8-28-13-22(20)30)31-9-7-18(11-23(31)32)33-14-16-3-2-15(12-29-16)24(25,26)27/h2-5,7,9-12,28H,6,8,13-14H2,1H3. The Morgan fingerprint density at radius 3 is 2.73 bits per heavy atom. The van der Waals surface area contributed by atoms with Crippen molar-refractivity contribution in [3.05, 3.63) is 87.7 Å². The first kappa shape index (κ1) is 21.3. The number of nitrogens with one attached hydrogen (secondary N) is 1. The first-order valence-electron chi connectivity index (χ1n) is 10.5. The van der Waals surface area contributed by atoms with Crippen LogP contribution in [0.1, 0.15) is 22.5 Å². The minimum atomic E-state index is -4.43. The van der Waals surface area contributed by atoms with Crippen LogP contribution in [0, 0.1) is 0 Å². The predicted molar refractivity (Wildman–Crippen MR) is 117 cm³/mol. The number of aromatic nitrogens is 3. The van der Waals surface area contributed by atoms with E-state index in [0.29, 0.717) is 11.4 Å². The van der Waals surface area contributed by atoms with E-state index in [9.17, 15) is 18.0 Å². The van der Waals surface area contributed by atoms with Gasteiger partial charge in [-0.15, -0.1) is 0 Å². The second kappa shape index (κ2) is 8.08. The minimum absolute atomic E-state index is 0.0451. The summed E-state index contributed by atoms with van der Waals surface area (Å²) in [5.74, 6) is 0.319. The topological polar surface area (TPSA) is 61.1 Å². The molecule has 0 aliphatic carbocycles. The SMILES string of the molecule is Cn1c2c(c3ccc(-n4ccc(OCc5ccc(C(F)(F)F)cn5)cc4=O)cc31)CCNC2. The molecular formula is C24H21F3N4O2. The van der Waals surface area contributed by atoms with E-state index < -0.39 is 11.7 Å². The van der Waals surface area contributed by atoms with Crippen molar-refractivity contribution in [2.75, 3.05) is 6.54 Å². The molecule has 170 valence electrons. The molecule has 9 heteroatoms. The average Bonchev–Trinajstić information content (AvgIpc) is 3.09.